The average molecular weight is 374 g/mol. The molecule has 0 heterocycles. The van der Waals surface area contributed by atoms with E-state index in [1.165, 1.54) is 4.31 Å². The lowest BCUT2D eigenvalue weighted by Gasteiger charge is -2.21. The maximum absolute atomic E-state index is 12.7. The Bertz CT molecular complexity index is 671. The van der Waals surface area contributed by atoms with Gasteiger partial charge in [0.1, 0.15) is 0 Å². The zero-order valence-corrected chi connectivity index (χ0v) is 16.6. The van der Waals surface area contributed by atoms with E-state index in [9.17, 15) is 8.42 Å². The molecule has 0 radical (unpaired) electrons. The predicted molar refractivity (Wildman–Crippen MR) is 102 cm³/mol. The molecule has 0 atom stereocenters. The molecule has 2 N–H and O–H groups in total. The summed E-state index contributed by atoms with van der Waals surface area (Å²) in [4.78, 5) is 0.275. The number of sulfonamides is 1. The molecule has 0 unspecified atom stereocenters. The van der Waals surface area contributed by atoms with Crippen LogP contribution in [-0.4, -0.2) is 51.2 Å². The summed E-state index contributed by atoms with van der Waals surface area (Å²) in [6.45, 7) is 9.48. The lowest BCUT2D eigenvalue weighted by Crippen LogP contribution is -2.32. The van der Waals surface area contributed by atoms with Crippen molar-refractivity contribution in [3.63, 3.8) is 0 Å². The first-order valence-electron chi connectivity index (χ1n) is 7.93. The Labute approximate surface area is 150 Å². The second-order valence-electron chi connectivity index (χ2n) is 5.38. The molecule has 0 aliphatic carbocycles. The molecule has 0 saturated carbocycles. The van der Waals surface area contributed by atoms with Crippen LogP contribution >= 0.6 is 12.2 Å². The first-order chi connectivity index (χ1) is 11.3. The van der Waals surface area contributed by atoms with Crippen LogP contribution in [0, 0.1) is 13.8 Å². The lowest BCUT2D eigenvalue weighted by molar-refractivity contribution is 0.204. The lowest BCUT2D eigenvalue weighted by atomic mass is 10.1. The van der Waals surface area contributed by atoms with Gasteiger partial charge in [-0.1, -0.05) is 13.8 Å². The first kappa shape index (κ1) is 20.8. The quantitative estimate of drug-likeness (QED) is 0.538. The van der Waals surface area contributed by atoms with E-state index < -0.39 is 10.0 Å². The van der Waals surface area contributed by atoms with Crippen molar-refractivity contribution in [3.05, 3.63) is 23.3 Å². The average Bonchev–Trinajstić information content (AvgIpc) is 2.52. The Morgan fingerprint density at radius 3 is 2.42 bits per heavy atom. The molecular weight excluding hydrogens is 346 g/mol. The minimum atomic E-state index is -3.51. The van der Waals surface area contributed by atoms with Gasteiger partial charge in [0.25, 0.3) is 0 Å². The van der Waals surface area contributed by atoms with Gasteiger partial charge in [0.2, 0.25) is 10.0 Å². The van der Waals surface area contributed by atoms with Gasteiger partial charge in [0, 0.05) is 32.4 Å². The molecule has 0 bridgehead atoms. The summed E-state index contributed by atoms with van der Waals surface area (Å²) in [5, 5.41) is 6.53. The van der Waals surface area contributed by atoms with Crippen molar-refractivity contribution in [2.75, 3.05) is 38.7 Å². The number of ether oxygens (including phenoxy) is 1. The van der Waals surface area contributed by atoms with Gasteiger partial charge in [-0.05, 0) is 49.3 Å². The minimum absolute atomic E-state index is 0.275. The molecule has 1 aromatic rings. The number of hydrogen-bond acceptors (Lipinski definition) is 4. The molecule has 0 aromatic heterocycles. The zero-order chi connectivity index (χ0) is 18.3. The van der Waals surface area contributed by atoms with Gasteiger partial charge in [-0.25, -0.2) is 8.42 Å². The smallest absolute Gasteiger partial charge is 0.243 e. The van der Waals surface area contributed by atoms with E-state index in [4.69, 9.17) is 17.0 Å². The van der Waals surface area contributed by atoms with Crippen molar-refractivity contribution in [2.24, 2.45) is 0 Å². The van der Waals surface area contributed by atoms with Crippen molar-refractivity contribution in [3.8, 4) is 0 Å². The molecular formula is C16H27N3O3S2. The van der Waals surface area contributed by atoms with Gasteiger partial charge >= 0.3 is 0 Å². The highest BCUT2D eigenvalue weighted by atomic mass is 32.2. The molecule has 6 nitrogen and oxygen atoms in total. The molecule has 0 amide bonds. The standard InChI is InChI=1S/C16H27N3O3S2/c1-6-19(7-2)24(20,21)14-10-12(3)13(4)15(11-14)18-16(23)17-8-9-22-5/h10-11H,6-9H2,1-5H3,(H2,17,18,23). The van der Waals surface area contributed by atoms with E-state index in [-0.39, 0.29) is 4.90 Å². The van der Waals surface area contributed by atoms with E-state index >= 15 is 0 Å². The molecule has 0 aliphatic rings. The fourth-order valence-electron chi connectivity index (χ4n) is 2.25. The molecule has 24 heavy (non-hydrogen) atoms. The number of thiocarbonyl (C=S) groups is 1. The van der Waals surface area contributed by atoms with Crippen LogP contribution in [0.15, 0.2) is 17.0 Å². The number of aryl methyl sites for hydroxylation is 1. The minimum Gasteiger partial charge on any atom is -0.383 e. The van der Waals surface area contributed by atoms with Crippen LogP contribution in [0.2, 0.25) is 0 Å². The van der Waals surface area contributed by atoms with Crippen LogP contribution in [0.5, 0.6) is 0 Å². The largest absolute Gasteiger partial charge is 0.383 e. The highest BCUT2D eigenvalue weighted by molar-refractivity contribution is 7.89. The van der Waals surface area contributed by atoms with Crippen molar-refractivity contribution in [2.45, 2.75) is 32.6 Å². The fraction of sp³-hybridized carbons (Fsp3) is 0.562. The summed E-state index contributed by atoms with van der Waals surface area (Å²) in [7, 11) is -1.89. The third-order valence-corrected chi connectivity index (χ3v) is 6.10. The van der Waals surface area contributed by atoms with Gasteiger partial charge < -0.3 is 15.4 Å². The van der Waals surface area contributed by atoms with E-state index in [1.807, 2.05) is 27.7 Å². The number of benzene rings is 1. The van der Waals surface area contributed by atoms with Crippen LogP contribution in [-0.2, 0) is 14.8 Å². The maximum Gasteiger partial charge on any atom is 0.243 e. The summed E-state index contributed by atoms with van der Waals surface area (Å²) < 4.78 is 31.9. The van der Waals surface area contributed by atoms with Gasteiger partial charge in [0.15, 0.2) is 5.11 Å². The Morgan fingerprint density at radius 2 is 1.88 bits per heavy atom. The number of nitrogens with zero attached hydrogens (tertiary/aromatic N) is 1. The first-order valence-corrected chi connectivity index (χ1v) is 9.77. The Morgan fingerprint density at radius 1 is 1.25 bits per heavy atom. The topological polar surface area (TPSA) is 70.7 Å². The SMILES string of the molecule is CCN(CC)S(=O)(=O)c1cc(C)c(C)c(NC(=S)NCCOC)c1. The summed E-state index contributed by atoms with van der Waals surface area (Å²) >= 11 is 5.25. The normalized spacial score (nSPS) is 11.6. The van der Waals surface area contributed by atoms with Gasteiger partial charge in [-0.3, -0.25) is 0 Å². The molecule has 1 rings (SSSR count). The number of nitrogens with one attached hydrogen (secondary N) is 2. The Kier molecular flexibility index (Phi) is 8.08. The molecule has 136 valence electrons. The second kappa shape index (κ2) is 9.31. The summed E-state index contributed by atoms with van der Waals surface area (Å²) in [5.74, 6) is 0. The number of anilines is 1. The zero-order valence-electron chi connectivity index (χ0n) is 15.0. The molecule has 0 aliphatic heterocycles. The molecule has 1 aromatic carbocycles. The van der Waals surface area contributed by atoms with Crippen LogP contribution in [0.4, 0.5) is 5.69 Å². The van der Waals surface area contributed by atoms with E-state index in [2.05, 4.69) is 10.6 Å². The van der Waals surface area contributed by atoms with Gasteiger partial charge in [-0.2, -0.15) is 4.31 Å². The van der Waals surface area contributed by atoms with Gasteiger partial charge in [-0.15, -0.1) is 0 Å². The molecule has 0 saturated heterocycles. The maximum atomic E-state index is 12.7. The second-order valence-corrected chi connectivity index (χ2v) is 7.72. The molecule has 0 spiro atoms. The number of rotatable bonds is 8. The number of methoxy groups -OCH3 is 1. The fourth-order valence-corrected chi connectivity index (χ4v) is 4.03. The van der Waals surface area contributed by atoms with Crippen LogP contribution in [0.3, 0.4) is 0 Å². The van der Waals surface area contributed by atoms with Crippen molar-refractivity contribution < 1.29 is 13.2 Å². The summed E-state index contributed by atoms with van der Waals surface area (Å²) in [5.41, 5.74) is 2.55. The predicted octanol–water partition coefficient (Wildman–Crippen LogP) is 2.27. The van der Waals surface area contributed by atoms with E-state index in [1.54, 1.807) is 19.2 Å². The van der Waals surface area contributed by atoms with Crippen LogP contribution in [0.1, 0.15) is 25.0 Å². The van der Waals surface area contributed by atoms with E-state index in [0.29, 0.717) is 37.0 Å². The Hall–Kier alpha value is -1.22. The monoisotopic (exact) mass is 373 g/mol. The van der Waals surface area contributed by atoms with E-state index in [0.717, 1.165) is 11.1 Å². The van der Waals surface area contributed by atoms with Crippen molar-refractivity contribution in [1.29, 1.82) is 0 Å². The Balaban J connectivity index is 3.12. The van der Waals surface area contributed by atoms with Crippen LogP contribution in [0.25, 0.3) is 0 Å². The third-order valence-electron chi connectivity index (χ3n) is 3.82. The van der Waals surface area contributed by atoms with Crippen LogP contribution < -0.4 is 10.6 Å². The molecule has 8 heteroatoms. The number of hydrogen-bond donors (Lipinski definition) is 2. The third kappa shape index (κ3) is 5.14. The van der Waals surface area contributed by atoms with Crippen molar-refractivity contribution >= 4 is 33.0 Å². The molecule has 0 fully saturated rings. The highest BCUT2D eigenvalue weighted by Crippen LogP contribution is 2.26. The summed E-state index contributed by atoms with van der Waals surface area (Å²) in [6, 6.07) is 3.34. The highest BCUT2D eigenvalue weighted by Gasteiger charge is 2.23. The van der Waals surface area contributed by atoms with Gasteiger partial charge in [0.05, 0.1) is 11.5 Å². The van der Waals surface area contributed by atoms with Crippen molar-refractivity contribution in [1.82, 2.24) is 9.62 Å². The summed E-state index contributed by atoms with van der Waals surface area (Å²) in [6.07, 6.45) is 0.